The summed E-state index contributed by atoms with van der Waals surface area (Å²) >= 11 is 0. The first kappa shape index (κ1) is 23.1. The second kappa shape index (κ2) is 11.0. The van der Waals surface area contributed by atoms with Crippen molar-refractivity contribution in [3.63, 3.8) is 0 Å². The first-order chi connectivity index (χ1) is 12.7. The SMILES string of the molecule is C/C=C(\C)C(CCN(C)N=NC(C)NCC)Nc1cccc(S(C)(=O)=O)c1. The monoisotopic (exact) mass is 395 g/mol. The zero-order valence-corrected chi connectivity index (χ0v) is 18.0. The van der Waals surface area contributed by atoms with E-state index in [2.05, 4.69) is 34.0 Å². The Morgan fingerprint density at radius 3 is 2.67 bits per heavy atom. The average molecular weight is 396 g/mol. The summed E-state index contributed by atoms with van der Waals surface area (Å²) in [6.45, 7) is 9.62. The fourth-order valence-electron chi connectivity index (χ4n) is 2.50. The Bertz CT molecular complexity index is 746. The quantitative estimate of drug-likeness (QED) is 0.340. The zero-order chi connectivity index (χ0) is 20.4. The third-order valence-corrected chi connectivity index (χ3v) is 5.34. The normalized spacial score (nSPS) is 15.0. The number of benzene rings is 1. The highest BCUT2D eigenvalue weighted by molar-refractivity contribution is 7.90. The standard InChI is InChI=1S/C19H33N5O2S/c1-7-15(3)19(12-13-24(5)23-22-16(4)20-8-2)21-17-10-9-11-18(14-17)27(6,25)26/h7,9-11,14,16,19-21H,8,12-13H2,1-6H3/b15-7+,23-22?. The molecule has 0 saturated heterocycles. The molecule has 0 heterocycles. The van der Waals surface area contributed by atoms with Gasteiger partial charge in [0.1, 0.15) is 6.17 Å². The van der Waals surface area contributed by atoms with Crippen LogP contribution in [0.5, 0.6) is 0 Å². The van der Waals surface area contributed by atoms with Gasteiger partial charge in [-0.15, -0.1) is 0 Å². The van der Waals surface area contributed by atoms with Crippen molar-refractivity contribution in [3.8, 4) is 0 Å². The van der Waals surface area contributed by atoms with Gasteiger partial charge < -0.3 is 5.32 Å². The Morgan fingerprint density at radius 2 is 2.07 bits per heavy atom. The maximum Gasteiger partial charge on any atom is 0.175 e. The van der Waals surface area contributed by atoms with Crippen LogP contribution in [0, 0.1) is 0 Å². The van der Waals surface area contributed by atoms with E-state index in [1.54, 1.807) is 18.2 Å². The van der Waals surface area contributed by atoms with E-state index in [1.807, 2.05) is 38.9 Å². The number of hydrogen-bond donors (Lipinski definition) is 2. The van der Waals surface area contributed by atoms with Crippen molar-refractivity contribution in [2.24, 2.45) is 10.3 Å². The number of allylic oxidation sites excluding steroid dienone is 1. The van der Waals surface area contributed by atoms with Gasteiger partial charge in [0.25, 0.3) is 0 Å². The maximum absolute atomic E-state index is 11.8. The molecule has 152 valence electrons. The van der Waals surface area contributed by atoms with Crippen LogP contribution in [0.15, 0.2) is 51.1 Å². The minimum Gasteiger partial charge on any atom is -0.378 e. The molecule has 0 aliphatic heterocycles. The largest absolute Gasteiger partial charge is 0.378 e. The van der Waals surface area contributed by atoms with E-state index in [0.717, 1.165) is 25.2 Å². The summed E-state index contributed by atoms with van der Waals surface area (Å²) in [6.07, 6.45) is 4.08. The third-order valence-electron chi connectivity index (χ3n) is 4.23. The van der Waals surface area contributed by atoms with Crippen LogP contribution in [-0.2, 0) is 9.84 Å². The van der Waals surface area contributed by atoms with Crippen LogP contribution in [0.4, 0.5) is 5.69 Å². The van der Waals surface area contributed by atoms with Crippen LogP contribution in [-0.4, -0.2) is 52.0 Å². The van der Waals surface area contributed by atoms with Crippen molar-refractivity contribution in [2.75, 3.05) is 31.7 Å². The highest BCUT2D eigenvalue weighted by Crippen LogP contribution is 2.19. The third kappa shape index (κ3) is 8.53. The van der Waals surface area contributed by atoms with Gasteiger partial charge in [0.15, 0.2) is 9.84 Å². The molecule has 0 saturated carbocycles. The van der Waals surface area contributed by atoms with Crippen molar-refractivity contribution in [3.05, 3.63) is 35.9 Å². The summed E-state index contributed by atoms with van der Waals surface area (Å²) in [6, 6.07) is 6.99. The van der Waals surface area contributed by atoms with Crippen LogP contribution >= 0.6 is 0 Å². The molecule has 27 heavy (non-hydrogen) atoms. The van der Waals surface area contributed by atoms with Crippen LogP contribution < -0.4 is 10.6 Å². The fourth-order valence-corrected chi connectivity index (χ4v) is 3.16. The molecular weight excluding hydrogens is 362 g/mol. The van der Waals surface area contributed by atoms with Crippen molar-refractivity contribution in [1.82, 2.24) is 10.3 Å². The molecule has 0 fully saturated rings. The van der Waals surface area contributed by atoms with E-state index in [9.17, 15) is 8.42 Å². The second-order valence-corrected chi connectivity index (χ2v) is 8.65. The Labute approximate surface area is 163 Å². The van der Waals surface area contributed by atoms with Crippen LogP contribution in [0.1, 0.15) is 34.1 Å². The smallest absolute Gasteiger partial charge is 0.175 e. The Hall–Kier alpha value is -1.93. The fraction of sp³-hybridized carbons (Fsp3) is 0.579. The van der Waals surface area contributed by atoms with E-state index in [-0.39, 0.29) is 12.2 Å². The second-order valence-electron chi connectivity index (χ2n) is 6.64. The van der Waals surface area contributed by atoms with E-state index in [1.165, 1.54) is 11.8 Å². The van der Waals surface area contributed by atoms with Crippen LogP contribution in [0.3, 0.4) is 0 Å². The number of rotatable bonds is 11. The van der Waals surface area contributed by atoms with Gasteiger partial charge in [0, 0.05) is 31.6 Å². The number of nitrogens with zero attached hydrogens (tertiary/aromatic N) is 3. The summed E-state index contributed by atoms with van der Waals surface area (Å²) in [4.78, 5) is 0.313. The van der Waals surface area contributed by atoms with E-state index < -0.39 is 9.84 Å². The summed E-state index contributed by atoms with van der Waals surface area (Å²) < 4.78 is 23.6. The lowest BCUT2D eigenvalue weighted by atomic mass is 10.0. The Kier molecular flexibility index (Phi) is 9.45. The van der Waals surface area contributed by atoms with E-state index >= 15 is 0 Å². The minimum atomic E-state index is -3.23. The first-order valence-electron chi connectivity index (χ1n) is 9.22. The number of hydrogen-bond acceptors (Lipinski definition) is 6. The number of sulfone groups is 1. The molecule has 0 radical (unpaired) electrons. The molecule has 2 N–H and O–H groups in total. The van der Waals surface area contributed by atoms with Crippen molar-refractivity contribution >= 4 is 15.5 Å². The summed E-state index contributed by atoms with van der Waals surface area (Å²) in [5, 5.41) is 16.9. The lowest BCUT2D eigenvalue weighted by Gasteiger charge is -2.23. The molecule has 7 nitrogen and oxygen atoms in total. The number of anilines is 1. The predicted molar refractivity (Wildman–Crippen MR) is 112 cm³/mol. The molecule has 1 aromatic carbocycles. The molecule has 0 bridgehead atoms. The molecule has 0 spiro atoms. The average Bonchev–Trinajstić information content (AvgIpc) is 2.62. The van der Waals surface area contributed by atoms with Gasteiger partial charge in [0.2, 0.25) is 0 Å². The molecule has 0 amide bonds. The Balaban J connectivity index is 2.78. The molecule has 0 aromatic heterocycles. The minimum absolute atomic E-state index is 0.0117. The van der Waals surface area contributed by atoms with Gasteiger partial charge in [0.05, 0.1) is 4.90 Å². The lowest BCUT2D eigenvalue weighted by Crippen LogP contribution is -2.27. The van der Waals surface area contributed by atoms with Crippen LogP contribution in [0.2, 0.25) is 0 Å². The van der Waals surface area contributed by atoms with Gasteiger partial charge in [-0.25, -0.2) is 8.42 Å². The lowest BCUT2D eigenvalue weighted by molar-refractivity contribution is 0.306. The van der Waals surface area contributed by atoms with Gasteiger partial charge >= 0.3 is 0 Å². The summed E-state index contributed by atoms with van der Waals surface area (Å²) in [5.74, 6) is 0. The topological polar surface area (TPSA) is 86.2 Å². The molecule has 0 aliphatic rings. The van der Waals surface area contributed by atoms with Crippen LogP contribution in [0.25, 0.3) is 0 Å². The van der Waals surface area contributed by atoms with Gasteiger partial charge in [-0.3, -0.25) is 10.3 Å². The van der Waals surface area contributed by atoms with Crippen molar-refractivity contribution in [2.45, 2.75) is 51.2 Å². The van der Waals surface area contributed by atoms with Gasteiger partial charge in [-0.2, -0.15) is 5.11 Å². The Morgan fingerprint density at radius 1 is 1.37 bits per heavy atom. The first-order valence-corrected chi connectivity index (χ1v) is 11.1. The molecular formula is C19H33N5O2S. The van der Waals surface area contributed by atoms with Gasteiger partial charge in [-0.05, 0) is 51.9 Å². The molecule has 0 aliphatic carbocycles. The molecule has 2 unspecified atom stereocenters. The van der Waals surface area contributed by atoms with Crippen molar-refractivity contribution in [1.29, 1.82) is 0 Å². The highest BCUT2D eigenvalue weighted by atomic mass is 32.2. The van der Waals surface area contributed by atoms with E-state index in [4.69, 9.17) is 0 Å². The molecule has 8 heteroatoms. The molecule has 2 atom stereocenters. The zero-order valence-electron chi connectivity index (χ0n) is 17.2. The predicted octanol–water partition coefficient (Wildman–Crippen LogP) is 3.48. The highest BCUT2D eigenvalue weighted by Gasteiger charge is 2.13. The number of nitrogens with one attached hydrogen (secondary N) is 2. The van der Waals surface area contributed by atoms with Crippen molar-refractivity contribution < 1.29 is 8.42 Å². The maximum atomic E-state index is 11.8. The van der Waals surface area contributed by atoms with E-state index in [0.29, 0.717) is 4.90 Å². The molecule has 1 aromatic rings. The summed E-state index contributed by atoms with van der Waals surface area (Å²) in [5.41, 5.74) is 1.97. The van der Waals surface area contributed by atoms with Gasteiger partial charge in [-0.1, -0.05) is 29.9 Å². The molecule has 1 rings (SSSR count). The summed E-state index contributed by atoms with van der Waals surface area (Å²) in [7, 11) is -1.33.